The van der Waals surface area contributed by atoms with Crippen molar-refractivity contribution in [1.29, 1.82) is 0 Å². The summed E-state index contributed by atoms with van der Waals surface area (Å²) in [6.07, 6.45) is 0.308. The van der Waals surface area contributed by atoms with Crippen LogP contribution in [0.2, 0.25) is 0 Å². The minimum Gasteiger partial charge on any atom is -0.493 e. The molecule has 0 radical (unpaired) electrons. The smallest absolute Gasteiger partial charge is 0.422 e. The molecule has 0 spiro atoms. The minimum atomic E-state index is -1.35. The molecule has 8 nitrogen and oxygen atoms in total. The lowest BCUT2D eigenvalue weighted by molar-refractivity contribution is -0.122. The number of amides is 2. The van der Waals surface area contributed by atoms with Crippen LogP contribution < -0.4 is 15.2 Å². The summed E-state index contributed by atoms with van der Waals surface area (Å²) in [4.78, 5) is 46.1. The van der Waals surface area contributed by atoms with Crippen molar-refractivity contribution in [2.24, 2.45) is 0 Å². The first kappa shape index (κ1) is 31.9. The molecule has 5 rings (SSSR count). The fraction of sp³-hybridized carbons (Fsp3) is 0.405. The van der Waals surface area contributed by atoms with Gasteiger partial charge in [0.1, 0.15) is 5.75 Å². The topological polar surface area (TPSA) is 90.7 Å². The number of rotatable bonds is 11. The van der Waals surface area contributed by atoms with Gasteiger partial charge in [-0.2, -0.15) is 0 Å². The van der Waals surface area contributed by atoms with E-state index in [9.17, 15) is 14.4 Å². The Morgan fingerprint density at radius 3 is 2.29 bits per heavy atom. The second-order valence-electron chi connectivity index (χ2n) is 13.1. The third-order valence-corrected chi connectivity index (χ3v) is 9.37. The van der Waals surface area contributed by atoms with Crippen molar-refractivity contribution in [1.82, 2.24) is 9.55 Å². The number of aryl methyl sites for hydroxylation is 1. The lowest BCUT2D eigenvalue weighted by Gasteiger charge is -2.30. The lowest BCUT2D eigenvalue weighted by Crippen LogP contribution is -2.33. The van der Waals surface area contributed by atoms with Crippen molar-refractivity contribution >= 4 is 28.6 Å². The molecule has 4 aromatic rings. The van der Waals surface area contributed by atoms with Gasteiger partial charge in [0.05, 0.1) is 23.2 Å². The fourth-order valence-electron chi connectivity index (χ4n) is 5.61. The van der Waals surface area contributed by atoms with Crippen LogP contribution in [-0.4, -0.2) is 28.2 Å². The van der Waals surface area contributed by atoms with E-state index in [4.69, 9.17) is 9.47 Å². The van der Waals surface area contributed by atoms with Crippen molar-refractivity contribution in [3.63, 3.8) is 0 Å². The van der Waals surface area contributed by atoms with Gasteiger partial charge in [0.2, 0.25) is 6.10 Å². The van der Waals surface area contributed by atoms with E-state index in [1.165, 1.54) is 10.1 Å². The Bertz CT molecular complexity index is 1810. The highest BCUT2D eigenvalue weighted by atomic mass is 16.6. The molecule has 0 bridgehead atoms. The van der Waals surface area contributed by atoms with Crippen molar-refractivity contribution < 1.29 is 19.1 Å². The monoisotopic (exact) mass is 609 g/mol. The van der Waals surface area contributed by atoms with Gasteiger partial charge in [-0.3, -0.25) is 14.2 Å². The number of carbonyl (C=O) groups is 2. The molecule has 0 saturated carbocycles. The van der Waals surface area contributed by atoms with E-state index in [0.717, 1.165) is 34.6 Å². The molecule has 236 valence electrons. The number of cyclic esters (lactones) is 1. The van der Waals surface area contributed by atoms with Crippen LogP contribution in [0.25, 0.3) is 10.9 Å². The third-order valence-electron chi connectivity index (χ3n) is 9.37. The molecule has 2 amide bonds. The van der Waals surface area contributed by atoms with Gasteiger partial charge in [-0.05, 0) is 72.4 Å². The number of ether oxygens (including phenoxy) is 2. The maximum Gasteiger partial charge on any atom is 0.422 e. The van der Waals surface area contributed by atoms with E-state index < -0.39 is 18.1 Å². The first-order chi connectivity index (χ1) is 21.4. The molecule has 3 aromatic carbocycles. The van der Waals surface area contributed by atoms with E-state index in [0.29, 0.717) is 29.6 Å². The van der Waals surface area contributed by atoms with Gasteiger partial charge in [-0.15, -0.1) is 0 Å². The van der Waals surface area contributed by atoms with Gasteiger partial charge in [0.25, 0.3) is 11.5 Å². The van der Waals surface area contributed by atoms with Crippen LogP contribution in [0.15, 0.2) is 71.5 Å². The number of carbonyl (C=O) groups excluding carboxylic acids is 2. The number of aromatic nitrogens is 2. The summed E-state index contributed by atoms with van der Waals surface area (Å²) in [7, 11) is 0. The van der Waals surface area contributed by atoms with Crippen LogP contribution in [0.5, 0.6) is 5.75 Å². The van der Waals surface area contributed by atoms with Crippen molar-refractivity contribution in [3.05, 3.63) is 99.6 Å². The summed E-state index contributed by atoms with van der Waals surface area (Å²) in [5, 5.41) is 0.427. The minimum absolute atomic E-state index is 0.0493. The average molecular weight is 610 g/mol. The first-order valence-electron chi connectivity index (χ1n) is 15.8. The second kappa shape index (κ2) is 12.5. The predicted octanol–water partition coefficient (Wildman–Crippen LogP) is 7.77. The molecular formula is C37H43N3O5. The van der Waals surface area contributed by atoms with E-state index in [2.05, 4.69) is 64.7 Å². The Morgan fingerprint density at radius 1 is 0.889 bits per heavy atom. The highest BCUT2D eigenvalue weighted by Gasteiger charge is 2.45. The predicted molar refractivity (Wildman–Crippen MR) is 177 cm³/mol. The average Bonchev–Trinajstić information content (AvgIpc) is 3.33. The molecule has 1 atom stereocenters. The largest absolute Gasteiger partial charge is 0.493 e. The molecular weight excluding hydrogens is 566 g/mol. The van der Waals surface area contributed by atoms with Crippen LogP contribution in [0.1, 0.15) is 89.4 Å². The molecule has 8 heteroatoms. The zero-order valence-electron chi connectivity index (χ0n) is 27.3. The molecule has 1 aromatic heterocycles. The standard InChI is InChI=1S/C37H43N3O5/c1-8-36(4,5)25-19-20-30(27(23-25)37(6,7)9-2)44-22-14-21-39-32(38-28-17-12-11-16-26(28)33(39)41)31-34(42)40(35(43)45-31)29-18-13-10-15-24(29)3/h10-13,15-20,23,31H,8-9,14,21-22H2,1-7H3. The van der Waals surface area contributed by atoms with Crippen molar-refractivity contribution in [3.8, 4) is 5.75 Å². The fourth-order valence-corrected chi connectivity index (χ4v) is 5.61. The van der Waals surface area contributed by atoms with Gasteiger partial charge in [-0.25, -0.2) is 14.7 Å². The van der Waals surface area contributed by atoms with Crippen LogP contribution >= 0.6 is 0 Å². The molecule has 45 heavy (non-hydrogen) atoms. The maximum absolute atomic E-state index is 13.8. The van der Waals surface area contributed by atoms with E-state index >= 15 is 0 Å². The first-order valence-corrected chi connectivity index (χ1v) is 15.8. The Balaban J connectivity index is 1.43. The van der Waals surface area contributed by atoms with Crippen molar-refractivity contribution in [2.45, 2.75) is 91.2 Å². The highest BCUT2D eigenvalue weighted by Crippen LogP contribution is 2.39. The Kier molecular flexibility index (Phi) is 8.88. The normalized spacial score (nSPS) is 15.5. The van der Waals surface area contributed by atoms with Gasteiger partial charge in [0.15, 0.2) is 5.82 Å². The molecule has 1 aliphatic rings. The number of fused-ring (bicyclic) bond motifs is 1. The number of nitrogens with zero attached hydrogens (tertiary/aromatic N) is 3. The Labute approximate surface area is 265 Å². The SMILES string of the molecule is CCC(C)(C)c1ccc(OCCCn2c(C3OC(=O)N(c4ccccc4C)C3=O)nc3ccccc3c2=O)c(C(C)(C)CC)c1. The summed E-state index contributed by atoms with van der Waals surface area (Å²) in [6.45, 7) is 15.7. The zero-order valence-corrected chi connectivity index (χ0v) is 27.3. The van der Waals surface area contributed by atoms with Gasteiger partial charge in [-0.1, -0.05) is 84.0 Å². The lowest BCUT2D eigenvalue weighted by atomic mass is 9.76. The van der Waals surface area contributed by atoms with Gasteiger partial charge < -0.3 is 9.47 Å². The van der Waals surface area contributed by atoms with Crippen LogP contribution in [0.4, 0.5) is 10.5 Å². The quantitative estimate of drug-likeness (QED) is 0.161. The molecule has 1 saturated heterocycles. The van der Waals surface area contributed by atoms with Crippen LogP contribution in [-0.2, 0) is 26.9 Å². The Hall–Kier alpha value is -4.46. The number of hydrogen-bond donors (Lipinski definition) is 0. The van der Waals surface area contributed by atoms with Crippen molar-refractivity contribution in [2.75, 3.05) is 11.5 Å². The maximum atomic E-state index is 13.8. The molecule has 0 aliphatic carbocycles. The molecule has 1 aliphatic heterocycles. The summed E-state index contributed by atoms with van der Waals surface area (Å²) < 4.78 is 13.4. The van der Waals surface area contributed by atoms with Gasteiger partial charge in [0, 0.05) is 12.1 Å². The van der Waals surface area contributed by atoms with E-state index in [1.54, 1.807) is 36.4 Å². The van der Waals surface area contributed by atoms with Gasteiger partial charge >= 0.3 is 6.09 Å². The number of hydrogen-bond acceptors (Lipinski definition) is 6. The number of anilines is 1. The third kappa shape index (κ3) is 6.10. The highest BCUT2D eigenvalue weighted by molar-refractivity contribution is 6.18. The van der Waals surface area contributed by atoms with Crippen LogP contribution in [0.3, 0.4) is 0 Å². The molecule has 1 fully saturated rings. The number of imide groups is 1. The Morgan fingerprint density at radius 2 is 1.58 bits per heavy atom. The van der Waals surface area contributed by atoms with Crippen LogP contribution in [0, 0.1) is 6.92 Å². The number of para-hydroxylation sites is 2. The summed E-state index contributed by atoms with van der Waals surface area (Å²) >= 11 is 0. The second-order valence-corrected chi connectivity index (χ2v) is 13.1. The summed E-state index contributed by atoms with van der Waals surface area (Å²) in [6, 6.07) is 20.6. The number of benzene rings is 3. The molecule has 1 unspecified atom stereocenters. The summed E-state index contributed by atoms with van der Waals surface area (Å²) in [5.41, 5.74) is 3.73. The molecule has 0 N–H and O–H groups in total. The zero-order chi connectivity index (χ0) is 32.5. The summed E-state index contributed by atoms with van der Waals surface area (Å²) in [5.74, 6) is 0.352. The molecule has 2 heterocycles. The van der Waals surface area contributed by atoms with E-state index in [1.807, 2.05) is 19.1 Å². The van der Waals surface area contributed by atoms with E-state index in [-0.39, 0.29) is 28.8 Å².